The second kappa shape index (κ2) is 7.72. The lowest BCUT2D eigenvalue weighted by Gasteiger charge is -2.17. The first-order valence-corrected chi connectivity index (χ1v) is 10.5. The van der Waals surface area contributed by atoms with Crippen LogP contribution in [0.4, 0.5) is 19.0 Å². The zero-order chi connectivity index (χ0) is 23.3. The Bertz CT molecular complexity index is 1360. The molecule has 1 aromatic carbocycles. The summed E-state index contributed by atoms with van der Waals surface area (Å²) in [5, 5.41) is 5.71. The fourth-order valence-electron chi connectivity index (χ4n) is 4.49. The number of nitrogens with zero attached hydrogens (tertiary/aromatic N) is 5. The van der Waals surface area contributed by atoms with Crippen LogP contribution in [0.3, 0.4) is 0 Å². The second-order valence-corrected chi connectivity index (χ2v) is 8.42. The number of pyridine rings is 2. The number of nitrogen functional groups attached to an aromatic ring is 1. The standard InChI is InChI=1S/C23H21F3N6O/c1-31-20-16-9-18(28-11-19(16)30-21(27)17(20)10-29-31)22(33)32-7-6-14(12-32)8-13-2-4-15(5-3-13)23(24,25)26/h2-5,9-11,14H,6-8,12H2,1H3,(H2,27,30)/t14-/m0/s1. The summed E-state index contributed by atoms with van der Waals surface area (Å²) in [5.41, 5.74) is 7.87. The van der Waals surface area contributed by atoms with E-state index in [4.69, 9.17) is 5.73 Å². The number of rotatable bonds is 3. The number of hydrogen-bond donors (Lipinski definition) is 1. The quantitative estimate of drug-likeness (QED) is 0.508. The Labute approximate surface area is 187 Å². The summed E-state index contributed by atoms with van der Waals surface area (Å²) in [7, 11) is 1.80. The number of likely N-dealkylation sites (tertiary alicyclic amines) is 1. The van der Waals surface area contributed by atoms with Crippen LogP contribution in [0, 0.1) is 5.92 Å². The number of aromatic nitrogens is 4. The molecule has 3 aromatic heterocycles. The van der Waals surface area contributed by atoms with Crippen molar-refractivity contribution in [2.75, 3.05) is 18.8 Å². The number of amides is 1. The van der Waals surface area contributed by atoms with Crippen molar-refractivity contribution in [3.05, 3.63) is 59.5 Å². The van der Waals surface area contributed by atoms with Gasteiger partial charge in [0.05, 0.1) is 34.4 Å². The van der Waals surface area contributed by atoms with Gasteiger partial charge in [-0.1, -0.05) is 12.1 Å². The van der Waals surface area contributed by atoms with Crippen LogP contribution in [0.2, 0.25) is 0 Å². The first-order chi connectivity index (χ1) is 15.7. The highest BCUT2D eigenvalue weighted by Crippen LogP contribution is 2.31. The number of carbonyl (C=O) groups excluding carboxylic acids is 1. The minimum Gasteiger partial charge on any atom is -0.383 e. The van der Waals surface area contributed by atoms with Gasteiger partial charge in [-0.3, -0.25) is 9.48 Å². The average Bonchev–Trinajstić information content (AvgIpc) is 3.40. The Morgan fingerprint density at radius 3 is 2.67 bits per heavy atom. The molecule has 7 nitrogen and oxygen atoms in total. The highest BCUT2D eigenvalue weighted by Gasteiger charge is 2.31. The molecule has 5 rings (SSSR count). The first-order valence-electron chi connectivity index (χ1n) is 10.5. The SMILES string of the molecule is Cn1ncc2c(N)nc3cnc(C(=O)N4CC[C@@H](Cc5ccc(C(F)(F)F)cc5)C4)cc3c21. The number of hydrogen-bond acceptors (Lipinski definition) is 5. The Morgan fingerprint density at radius 1 is 1.18 bits per heavy atom. The predicted octanol–water partition coefficient (Wildman–Crippen LogP) is 3.82. The summed E-state index contributed by atoms with van der Waals surface area (Å²) in [6.07, 6.45) is 0.243. The van der Waals surface area contributed by atoms with Crippen LogP contribution in [-0.2, 0) is 19.6 Å². The largest absolute Gasteiger partial charge is 0.416 e. The number of fused-ring (bicyclic) bond motifs is 3. The van der Waals surface area contributed by atoms with Crippen LogP contribution in [-0.4, -0.2) is 43.6 Å². The molecule has 33 heavy (non-hydrogen) atoms. The van der Waals surface area contributed by atoms with E-state index in [9.17, 15) is 18.0 Å². The van der Waals surface area contributed by atoms with Gasteiger partial charge in [0.15, 0.2) is 0 Å². The van der Waals surface area contributed by atoms with Crippen molar-refractivity contribution < 1.29 is 18.0 Å². The monoisotopic (exact) mass is 454 g/mol. The molecule has 10 heteroatoms. The van der Waals surface area contributed by atoms with E-state index in [0.717, 1.165) is 35.0 Å². The van der Waals surface area contributed by atoms with Crippen LogP contribution < -0.4 is 5.73 Å². The maximum atomic E-state index is 13.1. The van der Waals surface area contributed by atoms with E-state index in [2.05, 4.69) is 15.1 Å². The number of nitrogens with two attached hydrogens (primary N) is 1. The van der Waals surface area contributed by atoms with Gasteiger partial charge >= 0.3 is 6.18 Å². The molecule has 1 atom stereocenters. The summed E-state index contributed by atoms with van der Waals surface area (Å²) >= 11 is 0. The molecule has 4 heterocycles. The Kier molecular flexibility index (Phi) is 4.95. The van der Waals surface area contributed by atoms with Gasteiger partial charge in [-0.15, -0.1) is 0 Å². The minimum absolute atomic E-state index is 0.177. The van der Waals surface area contributed by atoms with Crippen molar-refractivity contribution in [3.63, 3.8) is 0 Å². The molecular weight excluding hydrogens is 433 g/mol. The maximum absolute atomic E-state index is 13.1. The van der Waals surface area contributed by atoms with Crippen molar-refractivity contribution in [1.29, 1.82) is 0 Å². The summed E-state index contributed by atoms with van der Waals surface area (Å²) in [5.74, 6) is 0.354. The van der Waals surface area contributed by atoms with E-state index in [1.54, 1.807) is 35.1 Å². The maximum Gasteiger partial charge on any atom is 0.416 e. The second-order valence-electron chi connectivity index (χ2n) is 8.42. The van der Waals surface area contributed by atoms with Crippen LogP contribution in [0.15, 0.2) is 42.7 Å². The number of halogens is 3. The molecule has 0 unspecified atom stereocenters. The van der Waals surface area contributed by atoms with Gasteiger partial charge in [0.1, 0.15) is 11.5 Å². The van der Waals surface area contributed by atoms with Crippen molar-refractivity contribution in [3.8, 4) is 0 Å². The van der Waals surface area contributed by atoms with Gasteiger partial charge in [-0.25, -0.2) is 9.97 Å². The van der Waals surface area contributed by atoms with Crippen LogP contribution in [0.25, 0.3) is 21.8 Å². The minimum atomic E-state index is -4.34. The topological polar surface area (TPSA) is 89.9 Å². The molecule has 1 amide bonds. The Balaban J connectivity index is 1.33. The molecule has 1 fully saturated rings. The third-order valence-electron chi connectivity index (χ3n) is 6.19. The van der Waals surface area contributed by atoms with Gasteiger partial charge in [-0.2, -0.15) is 18.3 Å². The number of aryl methyl sites for hydroxylation is 1. The Morgan fingerprint density at radius 2 is 1.94 bits per heavy atom. The molecule has 1 saturated heterocycles. The molecular formula is C23H21F3N6O. The lowest BCUT2D eigenvalue weighted by Crippen LogP contribution is -2.29. The number of anilines is 1. The number of carbonyl (C=O) groups is 1. The van der Waals surface area contributed by atoms with E-state index < -0.39 is 11.7 Å². The fourth-order valence-corrected chi connectivity index (χ4v) is 4.49. The number of benzene rings is 1. The molecule has 1 aliphatic rings. The molecule has 0 radical (unpaired) electrons. The van der Waals surface area contributed by atoms with Crippen molar-refractivity contribution in [2.24, 2.45) is 13.0 Å². The van der Waals surface area contributed by atoms with Crippen LogP contribution >= 0.6 is 0 Å². The van der Waals surface area contributed by atoms with E-state index in [1.807, 2.05) is 0 Å². The molecule has 0 aliphatic carbocycles. The summed E-state index contributed by atoms with van der Waals surface area (Å²) in [4.78, 5) is 23.6. The molecule has 0 bridgehead atoms. The van der Waals surface area contributed by atoms with Gasteiger partial charge in [0.2, 0.25) is 0 Å². The molecule has 0 spiro atoms. The third kappa shape index (κ3) is 3.85. The van der Waals surface area contributed by atoms with Gasteiger partial charge in [0, 0.05) is 25.5 Å². The Hall–Kier alpha value is -3.69. The molecule has 2 N–H and O–H groups in total. The zero-order valence-electron chi connectivity index (χ0n) is 17.8. The van der Waals surface area contributed by atoms with Gasteiger partial charge in [-0.05, 0) is 42.5 Å². The fraction of sp³-hybridized carbons (Fsp3) is 0.304. The van der Waals surface area contributed by atoms with Crippen molar-refractivity contribution in [2.45, 2.75) is 19.0 Å². The highest BCUT2D eigenvalue weighted by molar-refractivity contribution is 6.09. The lowest BCUT2D eigenvalue weighted by molar-refractivity contribution is -0.137. The molecule has 170 valence electrons. The third-order valence-corrected chi connectivity index (χ3v) is 6.19. The summed E-state index contributed by atoms with van der Waals surface area (Å²) < 4.78 is 40.0. The van der Waals surface area contributed by atoms with Crippen molar-refractivity contribution in [1.82, 2.24) is 24.6 Å². The van der Waals surface area contributed by atoms with E-state index in [-0.39, 0.29) is 11.8 Å². The summed E-state index contributed by atoms with van der Waals surface area (Å²) in [6.45, 7) is 1.10. The molecule has 0 saturated carbocycles. The normalized spacial score (nSPS) is 16.7. The summed E-state index contributed by atoms with van der Waals surface area (Å²) in [6, 6.07) is 6.95. The molecule has 4 aromatic rings. The van der Waals surface area contributed by atoms with E-state index in [0.29, 0.717) is 41.9 Å². The van der Waals surface area contributed by atoms with Crippen LogP contribution in [0.5, 0.6) is 0 Å². The first kappa shape index (κ1) is 21.2. The molecule has 1 aliphatic heterocycles. The van der Waals surface area contributed by atoms with Gasteiger partial charge in [0.25, 0.3) is 5.91 Å². The zero-order valence-corrected chi connectivity index (χ0v) is 17.8. The van der Waals surface area contributed by atoms with E-state index in [1.165, 1.54) is 12.1 Å². The lowest BCUT2D eigenvalue weighted by atomic mass is 9.98. The van der Waals surface area contributed by atoms with Crippen LogP contribution in [0.1, 0.15) is 28.0 Å². The number of alkyl halides is 3. The van der Waals surface area contributed by atoms with E-state index >= 15 is 0 Å². The van der Waals surface area contributed by atoms with Gasteiger partial charge < -0.3 is 10.6 Å². The highest BCUT2D eigenvalue weighted by atomic mass is 19.4. The van der Waals surface area contributed by atoms with Crippen molar-refractivity contribution >= 4 is 33.5 Å². The average molecular weight is 454 g/mol. The smallest absolute Gasteiger partial charge is 0.383 e. The predicted molar refractivity (Wildman–Crippen MR) is 117 cm³/mol.